The van der Waals surface area contributed by atoms with Gasteiger partial charge in [-0.3, -0.25) is 9.80 Å². The first-order valence-corrected chi connectivity index (χ1v) is 4.68. The van der Waals surface area contributed by atoms with Crippen LogP contribution < -0.4 is 0 Å². The fraction of sp³-hybridized carbons (Fsp3) is 0.778. The highest BCUT2D eigenvalue weighted by Crippen LogP contribution is 2.34. The van der Waals surface area contributed by atoms with Gasteiger partial charge in [-0.15, -0.1) is 0 Å². The molecule has 3 atom stereocenters. The van der Waals surface area contributed by atoms with Crippen molar-refractivity contribution in [2.45, 2.75) is 25.3 Å². The molecule has 72 valence electrons. The zero-order valence-corrected chi connectivity index (χ0v) is 7.68. The summed E-state index contributed by atoms with van der Waals surface area (Å²) in [5.74, 6) is -0.444. The topological polar surface area (TPSA) is 52.9 Å². The highest BCUT2D eigenvalue weighted by atomic mass is 16.4. The van der Waals surface area contributed by atoms with Gasteiger partial charge in [0.2, 0.25) is 0 Å². The second-order valence-corrected chi connectivity index (χ2v) is 3.92. The lowest BCUT2D eigenvalue weighted by atomic mass is 9.79. The molecule has 1 N–H and O–H groups in total. The van der Waals surface area contributed by atoms with Crippen molar-refractivity contribution in [2.75, 3.05) is 7.05 Å². The van der Waals surface area contributed by atoms with Gasteiger partial charge in [0.15, 0.2) is 0 Å². The van der Waals surface area contributed by atoms with Crippen LogP contribution in [0.4, 0.5) is 0 Å². The summed E-state index contributed by atoms with van der Waals surface area (Å²) in [5.41, 5.74) is 0. The van der Waals surface area contributed by atoms with Crippen LogP contribution in [-0.2, 0) is 4.79 Å². The fourth-order valence-electron chi connectivity index (χ4n) is 2.31. The van der Waals surface area contributed by atoms with E-state index in [2.05, 4.69) is 5.10 Å². The number of rotatable bonds is 1. The van der Waals surface area contributed by atoms with Gasteiger partial charge in [0.1, 0.15) is 0 Å². The van der Waals surface area contributed by atoms with Crippen LogP contribution in [0, 0.1) is 11.8 Å². The van der Waals surface area contributed by atoms with Gasteiger partial charge >= 0.3 is 5.97 Å². The third-order valence-corrected chi connectivity index (χ3v) is 3.13. The summed E-state index contributed by atoms with van der Waals surface area (Å²) in [6.07, 6.45) is 4.41. The van der Waals surface area contributed by atoms with Crippen LogP contribution >= 0.6 is 0 Å². The molecule has 1 aliphatic heterocycles. The summed E-state index contributed by atoms with van der Waals surface area (Å²) >= 11 is 0. The number of fused-ring (bicyclic) bond motifs is 1. The zero-order valence-electron chi connectivity index (χ0n) is 7.68. The number of carbonyl (C=O) groups is 1. The molecule has 2 aliphatic rings. The van der Waals surface area contributed by atoms with Crippen molar-refractivity contribution >= 4 is 12.2 Å². The highest BCUT2D eigenvalue weighted by molar-refractivity contribution is 5.72. The van der Waals surface area contributed by atoms with Crippen LogP contribution in [0.5, 0.6) is 0 Å². The van der Waals surface area contributed by atoms with Crippen molar-refractivity contribution in [3.05, 3.63) is 0 Å². The van der Waals surface area contributed by atoms with E-state index >= 15 is 0 Å². The Morgan fingerprint density at radius 1 is 1.62 bits per heavy atom. The quantitative estimate of drug-likeness (QED) is 0.652. The maximum absolute atomic E-state index is 10.8. The van der Waals surface area contributed by atoms with Gasteiger partial charge in [-0.05, 0) is 19.3 Å². The lowest BCUT2D eigenvalue weighted by molar-refractivity contribution is -0.143. The van der Waals surface area contributed by atoms with Crippen LogP contribution in [0.15, 0.2) is 5.10 Å². The Morgan fingerprint density at radius 2 is 2.38 bits per heavy atom. The minimum absolute atomic E-state index is 0.154. The van der Waals surface area contributed by atoms with E-state index in [1.807, 2.05) is 18.3 Å². The average molecular weight is 182 g/mol. The molecule has 1 aliphatic carbocycles. The number of nitrogens with zero attached hydrogens (tertiary/aromatic N) is 2. The molecule has 13 heavy (non-hydrogen) atoms. The summed E-state index contributed by atoms with van der Waals surface area (Å²) in [7, 11) is 1.96. The minimum atomic E-state index is -0.651. The number of hydrogen-bond acceptors (Lipinski definition) is 3. The third-order valence-electron chi connectivity index (χ3n) is 3.13. The lowest BCUT2D eigenvalue weighted by Crippen LogP contribution is -2.37. The third kappa shape index (κ3) is 1.41. The first kappa shape index (κ1) is 8.53. The van der Waals surface area contributed by atoms with E-state index in [0.717, 1.165) is 19.3 Å². The molecule has 3 unspecified atom stereocenters. The Kier molecular flexibility index (Phi) is 1.98. The second kappa shape index (κ2) is 3.01. The maximum Gasteiger partial charge on any atom is 0.306 e. The van der Waals surface area contributed by atoms with Crippen LogP contribution in [0.2, 0.25) is 0 Å². The molecule has 0 spiro atoms. The Balaban J connectivity index is 2.03. The smallest absolute Gasteiger partial charge is 0.306 e. The van der Waals surface area contributed by atoms with Crippen molar-refractivity contribution in [1.29, 1.82) is 0 Å². The molecule has 0 amide bonds. The van der Waals surface area contributed by atoms with E-state index in [-0.39, 0.29) is 5.92 Å². The van der Waals surface area contributed by atoms with Crippen molar-refractivity contribution in [2.24, 2.45) is 16.9 Å². The van der Waals surface area contributed by atoms with Crippen LogP contribution in [0.3, 0.4) is 0 Å². The van der Waals surface area contributed by atoms with E-state index < -0.39 is 5.97 Å². The van der Waals surface area contributed by atoms with E-state index in [0.29, 0.717) is 12.0 Å². The predicted octanol–water partition coefficient (Wildman–Crippen LogP) is 0.787. The molecular formula is C9H14N2O2. The first-order valence-electron chi connectivity index (χ1n) is 4.68. The fourth-order valence-corrected chi connectivity index (χ4v) is 2.31. The summed E-state index contributed by atoms with van der Waals surface area (Å²) in [5, 5.41) is 15.0. The largest absolute Gasteiger partial charge is 0.481 e. The van der Waals surface area contributed by atoms with Gasteiger partial charge in [0, 0.05) is 19.2 Å². The molecule has 1 heterocycles. The minimum Gasteiger partial charge on any atom is -0.481 e. The first-order chi connectivity index (χ1) is 6.18. The number of carboxylic acids is 1. The second-order valence-electron chi connectivity index (χ2n) is 3.92. The van der Waals surface area contributed by atoms with Crippen molar-refractivity contribution in [3.8, 4) is 0 Å². The van der Waals surface area contributed by atoms with Gasteiger partial charge in [0.05, 0.1) is 12.0 Å². The standard InChI is InChI=1S/C9H14N2O2/c1-11-8-3-2-6(9(12)13)4-7(8)5-10-11/h5-8H,2-4H2,1H3,(H,12,13). The predicted molar refractivity (Wildman–Crippen MR) is 48.5 cm³/mol. The Labute approximate surface area is 77.2 Å². The summed E-state index contributed by atoms with van der Waals surface area (Å²) < 4.78 is 0. The van der Waals surface area contributed by atoms with E-state index in [4.69, 9.17) is 5.11 Å². The normalized spacial score (nSPS) is 37.6. The maximum atomic E-state index is 10.8. The Bertz CT molecular complexity index is 252. The van der Waals surface area contributed by atoms with Gasteiger partial charge in [0.25, 0.3) is 0 Å². The number of carboxylic acid groups (broad SMARTS) is 1. The molecule has 4 nitrogen and oxygen atoms in total. The summed E-state index contributed by atoms with van der Waals surface area (Å²) in [6, 6.07) is 0.454. The molecule has 0 bridgehead atoms. The molecule has 4 heteroatoms. The van der Waals surface area contributed by atoms with Gasteiger partial charge in [-0.2, -0.15) is 5.10 Å². The molecule has 1 saturated carbocycles. The highest BCUT2D eigenvalue weighted by Gasteiger charge is 2.37. The van der Waals surface area contributed by atoms with E-state index in [1.165, 1.54) is 0 Å². The molecular weight excluding hydrogens is 168 g/mol. The summed E-state index contributed by atoms with van der Waals surface area (Å²) in [4.78, 5) is 10.8. The molecule has 1 fully saturated rings. The van der Waals surface area contributed by atoms with Crippen molar-refractivity contribution < 1.29 is 9.90 Å². The zero-order chi connectivity index (χ0) is 9.42. The summed E-state index contributed by atoms with van der Waals surface area (Å²) in [6.45, 7) is 0. The van der Waals surface area contributed by atoms with Gasteiger partial charge < -0.3 is 5.11 Å². The molecule has 0 aromatic rings. The molecule has 0 aromatic carbocycles. The van der Waals surface area contributed by atoms with Gasteiger partial charge in [-0.25, -0.2) is 0 Å². The van der Waals surface area contributed by atoms with E-state index in [9.17, 15) is 4.79 Å². The monoisotopic (exact) mass is 182 g/mol. The lowest BCUT2D eigenvalue weighted by Gasteiger charge is -2.31. The molecule has 0 radical (unpaired) electrons. The van der Waals surface area contributed by atoms with Crippen molar-refractivity contribution in [1.82, 2.24) is 5.01 Å². The van der Waals surface area contributed by atoms with E-state index in [1.54, 1.807) is 0 Å². The average Bonchev–Trinajstić information content (AvgIpc) is 2.47. The molecule has 0 aromatic heterocycles. The number of hydrazone groups is 1. The SMILES string of the molecule is CN1N=CC2CC(C(=O)O)CCC21. The molecule has 2 rings (SSSR count). The number of aliphatic carboxylic acids is 1. The Morgan fingerprint density at radius 3 is 3.08 bits per heavy atom. The van der Waals surface area contributed by atoms with Crippen LogP contribution in [0.25, 0.3) is 0 Å². The molecule has 0 saturated heterocycles. The van der Waals surface area contributed by atoms with Gasteiger partial charge in [-0.1, -0.05) is 0 Å². The Hall–Kier alpha value is -1.06. The van der Waals surface area contributed by atoms with Crippen LogP contribution in [-0.4, -0.2) is 35.4 Å². The number of hydrogen-bond donors (Lipinski definition) is 1. The van der Waals surface area contributed by atoms with Crippen LogP contribution in [0.1, 0.15) is 19.3 Å². The van der Waals surface area contributed by atoms with Crippen molar-refractivity contribution in [3.63, 3.8) is 0 Å².